The molecule has 4 aliphatic rings. The van der Waals surface area contributed by atoms with E-state index >= 15 is 0 Å². The zero-order valence-corrected chi connectivity index (χ0v) is 18.6. The Morgan fingerprint density at radius 3 is 2.36 bits per heavy atom. The number of nitrogen functional groups attached to an aromatic ring is 1. The molecule has 1 saturated heterocycles. The van der Waals surface area contributed by atoms with Gasteiger partial charge in [0.05, 0.1) is 30.5 Å². The molecular weight excluding hydrogens is 435 g/mol. The fraction of sp³-hybridized carbons (Fsp3) is 0.583. The largest absolute Gasteiger partial charge is 0.382 e. The van der Waals surface area contributed by atoms with Crippen LogP contribution in [0.3, 0.4) is 0 Å². The fourth-order valence-electron chi connectivity index (χ4n) is 4.49. The van der Waals surface area contributed by atoms with Crippen molar-refractivity contribution in [3.8, 4) is 11.3 Å². The average Bonchev–Trinajstić information content (AvgIpc) is 3.75. The SMILES string of the molecule is COC1CCCOC1.Nc1nnc(-c2c(F)cc(C3(F)CC3)cc2F)c2c1COC1(CC1)C2. The Balaban J connectivity index is 0.000000243. The van der Waals surface area contributed by atoms with Crippen molar-refractivity contribution >= 4 is 5.82 Å². The van der Waals surface area contributed by atoms with Gasteiger partial charge < -0.3 is 19.9 Å². The lowest BCUT2D eigenvalue weighted by molar-refractivity contribution is -0.0291. The Morgan fingerprint density at radius 2 is 1.82 bits per heavy atom. The Labute approximate surface area is 190 Å². The van der Waals surface area contributed by atoms with Gasteiger partial charge in [0, 0.05) is 25.7 Å². The molecule has 9 heteroatoms. The summed E-state index contributed by atoms with van der Waals surface area (Å²) < 4.78 is 59.6. The fourth-order valence-corrected chi connectivity index (χ4v) is 4.49. The minimum absolute atomic E-state index is 0.0468. The number of nitrogens with two attached hydrogens (primary N) is 1. The molecule has 1 spiro atoms. The summed E-state index contributed by atoms with van der Waals surface area (Å²) in [4.78, 5) is 0. The van der Waals surface area contributed by atoms with E-state index in [0.29, 0.717) is 36.5 Å². The van der Waals surface area contributed by atoms with Gasteiger partial charge in [0.15, 0.2) is 5.82 Å². The number of hydrogen-bond donors (Lipinski definition) is 1. The van der Waals surface area contributed by atoms with Crippen molar-refractivity contribution in [2.75, 3.05) is 26.1 Å². The van der Waals surface area contributed by atoms with Crippen LogP contribution in [0, 0.1) is 11.6 Å². The van der Waals surface area contributed by atoms with Gasteiger partial charge in [0.1, 0.15) is 23.0 Å². The van der Waals surface area contributed by atoms with Gasteiger partial charge >= 0.3 is 0 Å². The molecule has 33 heavy (non-hydrogen) atoms. The first-order valence-corrected chi connectivity index (χ1v) is 11.4. The molecule has 1 aromatic heterocycles. The maximum absolute atomic E-state index is 14.7. The van der Waals surface area contributed by atoms with Crippen LogP contribution >= 0.6 is 0 Å². The molecule has 6 rings (SSSR count). The summed E-state index contributed by atoms with van der Waals surface area (Å²) in [5.74, 6) is -1.43. The molecule has 2 saturated carbocycles. The van der Waals surface area contributed by atoms with E-state index in [1.54, 1.807) is 7.11 Å². The highest BCUT2D eigenvalue weighted by Crippen LogP contribution is 2.51. The van der Waals surface area contributed by atoms with Gasteiger partial charge in [-0.05, 0) is 61.8 Å². The number of alkyl halides is 1. The summed E-state index contributed by atoms with van der Waals surface area (Å²) >= 11 is 0. The van der Waals surface area contributed by atoms with E-state index in [9.17, 15) is 13.2 Å². The second-order valence-electron chi connectivity index (χ2n) is 9.39. The summed E-state index contributed by atoms with van der Waals surface area (Å²) in [5.41, 5.74) is 5.25. The second-order valence-corrected chi connectivity index (χ2v) is 9.39. The summed E-state index contributed by atoms with van der Waals surface area (Å²) in [6, 6.07) is 2.14. The van der Waals surface area contributed by atoms with E-state index < -0.39 is 17.3 Å². The van der Waals surface area contributed by atoms with Gasteiger partial charge in [0.25, 0.3) is 0 Å². The Kier molecular flexibility index (Phi) is 5.83. The maximum atomic E-state index is 14.7. The predicted molar refractivity (Wildman–Crippen MR) is 115 cm³/mol. The van der Waals surface area contributed by atoms with Crippen LogP contribution < -0.4 is 5.73 Å². The van der Waals surface area contributed by atoms with Crippen LogP contribution in [0.15, 0.2) is 12.1 Å². The standard InChI is InChI=1S/C18H16F3N3O.C6H12O2/c19-12-5-9(18(21)3-4-18)6-13(20)14(12)15-10-7-17(1-2-17)25-8-11(10)16(22)24-23-15;1-7-6-3-2-4-8-5-6/h5-6H,1-4,7-8H2,(H2,22,24);6H,2-5H2,1H3. The number of hydrogen-bond acceptors (Lipinski definition) is 6. The quantitative estimate of drug-likeness (QED) is 0.728. The van der Waals surface area contributed by atoms with Gasteiger partial charge in [-0.2, -0.15) is 0 Å². The topological polar surface area (TPSA) is 79.5 Å². The third-order valence-electron chi connectivity index (χ3n) is 6.98. The molecule has 1 unspecified atom stereocenters. The van der Waals surface area contributed by atoms with E-state index in [1.807, 2.05) is 0 Å². The lowest BCUT2D eigenvalue weighted by Crippen LogP contribution is -2.26. The van der Waals surface area contributed by atoms with Crippen molar-refractivity contribution in [3.05, 3.63) is 40.5 Å². The maximum Gasteiger partial charge on any atom is 0.151 e. The molecule has 1 aromatic carbocycles. The second kappa shape index (κ2) is 8.52. The summed E-state index contributed by atoms with van der Waals surface area (Å²) in [6.45, 7) is 1.97. The highest BCUT2D eigenvalue weighted by molar-refractivity contribution is 5.69. The number of nitrogens with zero attached hydrogens (tertiary/aromatic N) is 2. The Bertz CT molecular complexity index is 1030. The van der Waals surface area contributed by atoms with Crippen LogP contribution in [0.1, 0.15) is 55.2 Å². The Hall–Kier alpha value is -2.23. The molecule has 0 bridgehead atoms. The Morgan fingerprint density at radius 1 is 1.09 bits per heavy atom. The highest BCUT2D eigenvalue weighted by Gasteiger charge is 2.49. The van der Waals surface area contributed by atoms with Gasteiger partial charge in [-0.1, -0.05) is 0 Å². The van der Waals surface area contributed by atoms with E-state index in [-0.39, 0.29) is 34.8 Å². The van der Waals surface area contributed by atoms with Crippen molar-refractivity contribution in [2.24, 2.45) is 0 Å². The van der Waals surface area contributed by atoms with Crippen LogP contribution in [0.2, 0.25) is 0 Å². The van der Waals surface area contributed by atoms with Crippen LogP contribution in [-0.4, -0.2) is 42.2 Å². The van der Waals surface area contributed by atoms with E-state index in [2.05, 4.69) is 10.2 Å². The number of ether oxygens (including phenoxy) is 3. The monoisotopic (exact) mass is 463 g/mol. The van der Waals surface area contributed by atoms with Crippen LogP contribution in [0.25, 0.3) is 11.3 Å². The molecule has 2 aromatic rings. The molecular formula is C24H28F3N3O3. The molecule has 178 valence electrons. The molecule has 2 aliphatic heterocycles. The van der Waals surface area contributed by atoms with Crippen molar-refractivity contribution in [3.63, 3.8) is 0 Å². The lowest BCUT2D eigenvalue weighted by atomic mass is 9.92. The average molecular weight is 464 g/mol. The third kappa shape index (κ3) is 4.46. The molecule has 2 aliphatic carbocycles. The molecule has 0 radical (unpaired) electrons. The first kappa shape index (κ1) is 22.6. The van der Waals surface area contributed by atoms with Gasteiger partial charge in [-0.25, -0.2) is 13.2 Å². The summed E-state index contributed by atoms with van der Waals surface area (Å²) in [6.07, 6.45) is 5.58. The van der Waals surface area contributed by atoms with Gasteiger partial charge in [-0.15, -0.1) is 10.2 Å². The molecule has 3 fully saturated rings. The molecule has 2 N–H and O–H groups in total. The minimum Gasteiger partial charge on any atom is -0.382 e. The highest BCUT2D eigenvalue weighted by atomic mass is 19.1. The molecule has 1 atom stereocenters. The first-order chi connectivity index (χ1) is 15.8. The zero-order chi connectivity index (χ0) is 23.2. The number of rotatable bonds is 3. The van der Waals surface area contributed by atoms with Crippen molar-refractivity contribution < 1.29 is 27.4 Å². The van der Waals surface area contributed by atoms with Crippen LogP contribution in [-0.2, 0) is 32.9 Å². The van der Waals surface area contributed by atoms with E-state index in [0.717, 1.165) is 51.0 Å². The van der Waals surface area contributed by atoms with Crippen molar-refractivity contribution in [1.82, 2.24) is 10.2 Å². The van der Waals surface area contributed by atoms with Crippen LogP contribution in [0.4, 0.5) is 19.0 Å². The van der Waals surface area contributed by atoms with Gasteiger partial charge in [-0.3, -0.25) is 0 Å². The molecule has 3 heterocycles. The predicted octanol–water partition coefficient (Wildman–Crippen LogP) is 4.38. The number of anilines is 1. The van der Waals surface area contributed by atoms with Crippen LogP contribution in [0.5, 0.6) is 0 Å². The minimum atomic E-state index is -1.60. The van der Waals surface area contributed by atoms with Gasteiger partial charge in [0.2, 0.25) is 0 Å². The normalized spacial score (nSPS) is 23.9. The summed E-state index contributed by atoms with van der Waals surface area (Å²) in [7, 11) is 1.74. The number of fused-ring (bicyclic) bond motifs is 1. The summed E-state index contributed by atoms with van der Waals surface area (Å²) in [5, 5.41) is 7.82. The lowest BCUT2D eigenvalue weighted by Gasteiger charge is -2.27. The smallest absolute Gasteiger partial charge is 0.151 e. The number of benzene rings is 1. The van der Waals surface area contributed by atoms with Crippen molar-refractivity contribution in [1.29, 1.82) is 0 Å². The zero-order valence-electron chi connectivity index (χ0n) is 18.6. The van der Waals surface area contributed by atoms with E-state index in [1.165, 1.54) is 0 Å². The third-order valence-corrected chi connectivity index (χ3v) is 6.98. The first-order valence-electron chi connectivity index (χ1n) is 11.4. The van der Waals surface area contributed by atoms with E-state index in [4.69, 9.17) is 19.9 Å². The number of methoxy groups -OCH3 is 1. The van der Waals surface area contributed by atoms with Crippen molar-refractivity contribution in [2.45, 2.75) is 68.9 Å². The molecule has 0 amide bonds. The number of halogens is 3. The number of aromatic nitrogens is 2. The molecule has 6 nitrogen and oxygen atoms in total.